The maximum atomic E-state index is 12.9. The summed E-state index contributed by atoms with van der Waals surface area (Å²) in [6, 6.07) is 4.04. The lowest BCUT2D eigenvalue weighted by Gasteiger charge is -2.08. The molecule has 17 heavy (non-hydrogen) atoms. The molecule has 1 aromatic rings. The summed E-state index contributed by atoms with van der Waals surface area (Å²) in [5.41, 5.74) is 0.734. The van der Waals surface area contributed by atoms with Gasteiger partial charge in [0, 0.05) is 19.2 Å². The quantitative estimate of drug-likeness (QED) is 0.640. The van der Waals surface area contributed by atoms with Gasteiger partial charge in [-0.1, -0.05) is 6.92 Å². The molecule has 1 aromatic carbocycles. The van der Waals surface area contributed by atoms with Crippen LogP contribution in [0.25, 0.3) is 0 Å². The molecule has 0 saturated carbocycles. The van der Waals surface area contributed by atoms with Gasteiger partial charge in [-0.25, -0.2) is 4.39 Å². The first-order valence-electron chi connectivity index (χ1n) is 5.92. The average Bonchev–Trinajstić information content (AvgIpc) is 2.27. The van der Waals surface area contributed by atoms with Gasteiger partial charge in [-0.05, 0) is 43.0 Å². The van der Waals surface area contributed by atoms with E-state index in [0.717, 1.165) is 31.0 Å². The first-order chi connectivity index (χ1) is 8.11. The van der Waals surface area contributed by atoms with Crippen molar-refractivity contribution in [2.45, 2.75) is 26.3 Å². The summed E-state index contributed by atoms with van der Waals surface area (Å²) in [7, 11) is 0. The Hall–Kier alpha value is -1.13. The number of phenolic OH excluding ortho intramolecular Hbond substituents is 1. The smallest absolute Gasteiger partial charge is 0.127 e. The lowest BCUT2D eigenvalue weighted by atomic mass is 10.1. The van der Waals surface area contributed by atoms with Gasteiger partial charge in [0.15, 0.2) is 0 Å². The highest BCUT2D eigenvalue weighted by Crippen LogP contribution is 2.14. The van der Waals surface area contributed by atoms with E-state index in [-0.39, 0.29) is 12.4 Å². The van der Waals surface area contributed by atoms with E-state index in [2.05, 4.69) is 5.32 Å². The zero-order valence-corrected chi connectivity index (χ0v) is 10.1. The van der Waals surface area contributed by atoms with E-state index in [9.17, 15) is 9.50 Å². The second-order valence-electron chi connectivity index (χ2n) is 4.42. The van der Waals surface area contributed by atoms with E-state index in [4.69, 9.17) is 5.11 Å². The molecule has 0 aliphatic heterocycles. The van der Waals surface area contributed by atoms with E-state index in [0.29, 0.717) is 12.5 Å². The van der Waals surface area contributed by atoms with Gasteiger partial charge < -0.3 is 15.5 Å². The topological polar surface area (TPSA) is 52.5 Å². The normalized spacial score (nSPS) is 12.6. The van der Waals surface area contributed by atoms with Crippen LogP contribution in [-0.4, -0.2) is 23.4 Å². The zero-order valence-electron chi connectivity index (χ0n) is 10.1. The Balaban J connectivity index is 2.22. The molecule has 1 rings (SSSR count). The number of rotatable bonds is 7. The molecule has 4 heteroatoms. The molecule has 1 unspecified atom stereocenters. The highest BCUT2D eigenvalue weighted by atomic mass is 19.1. The molecule has 3 N–H and O–H groups in total. The summed E-state index contributed by atoms with van der Waals surface area (Å²) >= 11 is 0. The third-order valence-corrected chi connectivity index (χ3v) is 2.63. The number of phenols is 1. The fraction of sp³-hybridized carbons (Fsp3) is 0.538. The number of hydrogen-bond donors (Lipinski definition) is 3. The standard InChI is InChI=1S/C13H20FNO2/c1-10(9-16)3-2-4-15-8-11-5-12(14)7-13(17)6-11/h5-7,10,15-17H,2-4,8-9H2,1H3. The predicted octanol–water partition coefficient (Wildman–Crippen LogP) is 2.03. The maximum Gasteiger partial charge on any atom is 0.127 e. The first kappa shape index (κ1) is 13.9. The minimum absolute atomic E-state index is 0.0456. The second kappa shape index (κ2) is 7.25. The van der Waals surface area contributed by atoms with E-state index >= 15 is 0 Å². The summed E-state index contributed by atoms with van der Waals surface area (Å²) < 4.78 is 12.9. The van der Waals surface area contributed by atoms with Crippen LogP contribution in [-0.2, 0) is 6.54 Å². The van der Waals surface area contributed by atoms with Crippen molar-refractivity contribution in [2.75, 3.05) is 13.2 Å². The van der Waals surface area contributed by atoms with Crippen molar-refractivity contribution in [3.63, 3.8) is 0 Å². The van der Waals surface area contributed by atoms with Gasteiger partial charge in [0.1, 0.15) is 11.6 Å². The van der Waals surface area contributed by atoms with Gasteiger partial charge >= 0.3 is 0 Å². The zero-order chi connectivity index (χ0) is 12.7. The molecular weight excluding hydrogens is 221 g/mol. The number of halogens is 1. The number of hydrogen-bond acceptors (Lipinski definition) is 3. The van der Waals surface area contributed by atoms with Gasteiger partial charge in [-0.2, -0.15) is 0 Å². The predicted molar refractivity (Wildman–Crippen MR) is 65.3 cm³/mol. The van der Waals surface area contributed by atoms with Crippen LogP contribution in [0.1, 0.15) is 25.3 Å². The van der Waals surface area contributed by atoms with Crippen LogP contribution in [0.15, 0.2) is 18.2 Å². The third-order valence-electron chi connectivity index (χ3n) is 2.63. The minimum atomic E-state index is -0.421. The summed E-state index contributed by atoms with van der Waals surface area (Å²) in [4.78, 5) is 0. The Morgan fingerprint density at radius 1 is 1.35 bits per heavy atom. The molecule has 0 saturated heterocycles. The molecule has 0 fully saturated rings. The molecule has 0 spiro atoms. The summed E-state index contributed by atoms with van der Waals surface area (Å²) in [5, 5.41) is 21.2. The highest BCUT2D eigenvalue weighted by molar-refractivity contribution is 5.28. The molecule has 0 aromatic heterocycles. The lowest BCUT2D eigenvalue weighted by Crippen LogP contribution is -2.16. The molecule has 3 nitrogen and oxygen atoms in total. The van der Waals surface area contributed by atoms with Gasteiger partial charge in [0.05, 0.1) is 0 Å². The highest BCUT2D eigenvalue weighted by Gasteiger charge is 2.01. The number of aromatic hydroxyl groups is 1. The molecule has 1 atom stereocenters. The van der Waals surface area contributed by atoms with Crippen LogP contribution in [0.2, 0.25) is 0 Å². The van der Waals surface area contributed by atoms with E-state index in [1.807, 2.05) is 6.92 Å². The average molecular weight is 241 g/mol. The number of aliphatic hydroxyl groups is 1. The van der Waals surface area contributed by atoms with Crippen molar-refractivity contribution < 1.29 is 14.6 Å². The molecule has 0 bridgehead atoms. The van der Waals surface area contributed by atoms with Gasteiger partial charge in [0.25, 0.3) is 0 Å². The van der Waals surface area contributed by atoms with Gasteiger partial charge in [-0.3, -0.25) is 0 Å². The largest absolute Gasteiger partial charge is 0.508 e. The Kier molecular flexibility index (Phi) is 5.94. The van der Waals surface area contributed by atoms with E-state index in [1.54, 1.807) is 6.07 Å². The van der Waals surface area contributed by atoms with Crippen molar-refractivity contribution in [2.24, 2.45) is 5.92 Å². The molecule has 0 heterocycles. The summed E-state index contributed by atoms with van der Waals surface area (Å²) in [6.07, 6.45) is 1.95. The van der Waals surface area contributed by atoms with Gasteiger partial charge in [0.2, 0.25) is 0 Å². The van der Waals surface area contributed by atoms with Crippen LogP contribution in [0, 0.1) is 11.7 Å². The maximum absolute atomic E-state index is 12.9. The van der Waals surface area contributed by atoms with Crippen molar-refractivity contribution >= 4 is 0 Å². The molecular formula is C13H20FNO2. The molecule has 96 valence electrons. The van der Waals surface area contributed by atoms with Crippen LogP contribution < -0.4 is 5.32 Å². The first-order valence-corrected chi connectivity index (χ1v) is 5.92. The third kappa shape index (κ3) is 5.65. The molecule has 0 aliphatic carbocycles. The summed E-state index contributed by atoms with van der Waals surface area (Å²) in [5.74, 6) is -0.138. The number of aliphatic hydroxyl groups excluding tert-OH is 1. The molecule has 0 amide bonds. The van der Waals surface area contributed by atoms with Crippen molar-refractivity contribution in [1.82, 2.24) is 5.32 Å². The monoisotopic (exact) mass is 241 g/mol. The van der Waals surface area contributed by atoms with E-state index in [1.165, 1.54) is 6.07 Å². The van der Waals surface area contributed by atoms with Crippen LogP contribution >= 0.6 is 0 Å². The number of nitrogens with one attached hydrogen (secondary N) is 1. The van der Waals surface area contributed by atoms with Crippen LogP contribution in [0.4, 0.5) is 4.39 Å². The Morgan fingerprint density at radius 2 is 2.12 bits per heavy atom. The van der Waals surface area contributed by atoms with Gasteiger partial charge in [-0.15, -0.1) is 0 Å². The second-order valence-corrected chi connectivity index (χ2v) is 4.42. The van der Waals surface area contributed by atoms with E-state index < -0.39 is 5.82 Å². The Bertz CT molecular complexity index is 324. The molecule has 0 aliphatic rings. The minimum Gasteiger partial charge on any atom is -0.508 e. The van der Waals surface area contributed by atoms with Crippen LogP contribution in [0.5, 0.6) is 5.75 Å². The van der Waals surface area contributed by atoms with Crippen molar-refractivity contribution in [3.8, 4) is 5.75 Å². The lowest BCUT2D eigenvalue weighted by molar-refractivity contribution is 0.228. The summed E-state index contributed by atoms with van der Waals surface area (Å²) in [6.45, 7) is 3.59. The Labute approximate surface area is 101 Å². The van der Waals surface area contributed by atoms with Crippen molar-refractivity contribution in [1.29, 1.82) is 0 Å². The number of benzene rings is 1. The molecule has 0 radical (unpaired) electrons. The van der Waals surface area contributed by atoms with Crippen LogP contribution in [0.3, 0.4) is 0 Å². The fourth-order valence-corrected chi connectivity index (χ4v) is 1.63. The fourth-order valence-electron chi connectivity index (χ4n) is 1.63. The SMILES string of the molecule is CC(CO)CCCNCc1cc(O)cc(F)c1. The van der Waals surface area contributed by atoms with Crippen molar-refractivity contribution in [3.05, 3.63) is 29.6 Å². The Morgan fingerprint density at radius 3 is 2.76 bits per heavy atom.